The van der Waals surface area contributed by atoms with Crippen molar-refractivity contribution in [2.45, 2.75) is 5.37 Å². The third kappa shape index (κ3) is 1.50. The summed E-state index contributed by atoms with van der Waals surface area (Å²) < 4.78 is 0. The van der Waals surface area contributed by atoms with E-state index in [2.05, 4.69) is 17.6 Å². The number of hydrogen-bond donors (Lipinski definition) is 3. The van der Waals surface area contributed by atoms with Gasteiger partial charge in [0.2, 0.25) is 5.84 Å². The van der Waals surface area contributed by atoms with Crippen LogP contribution >= 0.6 is 12.6 Å². The Morgan fingerprint density at radius 2 is 2.33 bits per heavy atom. The second kappa shape index (κ2) is 3.02. The highest BCUT2D eigenvalue weighted by Crippen LogP contribution is 2.11. The van der Waals surface area contributed by atoms with Crippen LogP contribution in [0.15, 0.2) is 4.99 Å². The summed E-state index contributed by atoms with van der Waals surface area (Å²) in [5.41, 5.74) is 4.90. The van der Waals surface area contributed by atoms with Crippen LogP contribution in [0.3, 0.4) is 0 Å². The predicted octanol–water partition coefficient (Wildman–Crippen LogP) is -0.880. The van der Waals surface area contributed by atoms with Crippen LogP contribution in [0.5, 0.6) is 0 Å². The Balaban J connectivity index is 2.87. The van der Waals surface area contributed by atoms with E-state index < -0.39 is 17.4 Å². The van der Waals surface area contributed by atoms with Gasteiger partial charge in [-0.15, -0.1) is 0 Å². The molecule has 0 aliphatic carbocycles. The van der Waals surface area contributed by atoms with Crippen molar-refractivity contribution >= 4 is 30.5 Å². The molecule has 0 fully saturated rings. The number of nitrogens with zero attached hydrogens (tertiary/aromatic N) is 2. The molecule has 66 valence electrons. The van der Waals surface area contributed by atoms with Crippen molar-refractivity contribution in [2.75, 3.05) is 6.54 Å². The second-order valence-corrected chi connectivity index (χ2v) is 2.78. The van der Waals surface area contributed by atoms with Crippen LogP contribution in [0.25, 0.3) is 0 Å². The zero-order chi connectivity index (χ0) is 9.30. The number of urea groups is 1. The number of carboxylic acid groups (broad SMARTS) is 1. The van der Waals surface area contributed by atoms with Crippen molar-refractivity contribution in [3.63, 3.8) is 0 Å². The van der Waals surface area contributed by atoms with Gasteiger partial charge < -0.3 is 10.8 Å². The fourth-order valence-corrected chi connectivity index (χ4v) is 1.14. The molecule has 0 aromatic heterocycles. The van der Waals surface area contributed by atoms with Gasteiger partial charge in [0.15, 0.2) is 0 Å². The van der Waals surface area contributed by atoms with Gasteiger partial charge in [-0.1, -0.05) is 0 Å². The van der Waals surface area contributed by atoms with E-state index in [1.807, 2.05) is 0 Å². The lowest BCUT2D eigenvalue weighted by Crippen LogP contribution is -2.42. The molecule has 1 aliphatic rings. The summed E-state index contributed by atoms with van der Waals surface area (Å²) >= 11 is 3.90. The van der Waals surface area contributed by atoms with Gasteiger partial charge in [-0.3, -0.25) is 4.90 Å². The number of carboxylic acids is 1. The normalized spacial score (nSPS) is 22.2. The molecule has 0 aromatic carbocycles. The number of carbonyl (C=O) groups is 2. The van der Waals surface area contributed by atoms with Gasteiger partial charge in [-0.25, -0.2) is 14.6 Å². The summed E-state index contributed by atoms with van der Waals surface area (Å²) in [5.74, 6) is -1.62. The number of amidine groups is 1. The van der Waals surface area contributed by atoms with E-state index >= 15 is 0 Å². The minimum Gasteiger partial charge on any atom is -0.475 e. The summed E-state index contributed by atoms with van der Waals surface area (Å²) in [5, 5.41) is 8.04. The minimum atomic E-state index is -1.27. The summed E-state index contributed by atoms with van der Waals surface area (Å²) in [4.78, 5) is 25.6. The number of aliphatic carboxylic acids is 1. The van der Waals surface area contributed by atoms with E-state index in [9.17, 15) is 9.59 Å². The lowest BCUT2D eigenvalue weighted by Gasteiger charge is -2.11. The molecule has 1 unspecified atom stereocenters. The highest BCUT2D eigenvalue weighted by Gasteiger charge is 2.31. The summed E-state index contributed by atoms with van der Waals surface area (Å²) in [6, 6.07) is -0.826. The van der Waals surface area contributed by atoms with Crippen molar-refractivity contribution in [3.8, 4) is 0 Å². The Bertz CT molecular complexity index is 265. The molecule has 0 saturated heterocycles. The van der Waals surface area contributed by atoms with Crippen LogP contribution in [-0.4, -0.2) is 39.8 Å². The fraction of sp³-hybridized carbons (Fsp3) is 0.400. The van der Waals surface area contributed by atoms with Gasteiger partial charge in [0.05, 0.1) is 6.54 Å². The largest absolute Gasteiger partial charge is 0.475 e. The number of primary amides is 1. The average Bonchev–Trinajstić information content (AvgIpc) is 2.31. The summed E-state index contributed by atoms with van der Waals surface area (Å²) in [6.45, 7) is 0.111. The molecular weight excluding hydrogens is 182 g/mol. The molecule has 2 amide bonds. The van der Waals surface area contributed by atoms with E-state index in [0.717, 1.165) is 4.90 Å². The monoisotopic (exact) mass is 189 g/mol. The summed E-state index contributed by atoms with van der Waals surface area (Å²) in [7, 11) is 0. The van der Waals surface area contributed by atoms with E-state index in [4.69, 9.17) is 10.8 Å². The third-order valence-electron chi connectivity index (χ3n) is 1.33. The quantitative estimate of drug-likeness (QED) is 0.467. The SMILES string of the molecule is NC(=O)N1CC(S)N=C1C(=O)O. The first-order valence-electron chi connectivity index (χ1n) is 3.08. The molecule has 7 heteroatoms. The van der Waals surface area contributed by atoms with Crippen LogP contribution in [0.2, 0.25) is 0 Å². The topological polar surface area (TPSA) is 96.0 Å². The van der Waals surface area contributed by atoms with Crippen LogP contribution in [0.1, 0.15) is 0 Å². The number of thiol groups is 1. The number of rotatable bonds is 1. The van der Waals surface area contributed by atoms with Crippen LogP contribution in [0, 0.1) is 0 Å². The van der Waals surface area contributed by atoms with Crippen molar-refractivity contribution in [2.24, 2.45) is 10.7 Å². The second-order valence-electron chi connectivity index (χ2n) is 2.19. The van der Waals surface area contributed by atoms with Gasteiger partial charge in [0.25, 0.3) is 0 Å². The number of hydrogen-bond acceptors (Lipinski definition) is 4. The van der Waals surface area contributed by atoms with Gasteiger partial charge >= 0.3 is 12.0 Å². The highest BCUT2D eigenvalue weighted by atomic mass is 32.1. The highest BCUT2D eigenvalue weighted by molar-refractivity contribution is 7.81. The van der Waals surface area contributed by atoms with Crippen LogP contribution in [0.4, 0.5) is 4.79 Å². The standard InChI is InChI=1S/C5H7N3O3S/c6-5(11)8-1-2(12)7-3(8)4(9)10/h2,12H,1H2,(H2,6,11)(H,9,10). The Kier molecular flexibility index (Phi) is 2.22. The molecular formula is C5H7N3O3S. The van der Waals surface area contributed by atoms with Crippen molar-refractivity contribution < 1.29 is 14.7 Å². The number of aliphatic imine (C=N–C) groups is 1. The van der Waals surface area contributed by atoms with Gasteiger partial charge in [0.1, 0.15) is 5.37 Å². The molecule has 1 atom stereocenters. The zero-order valence-electron chi connectivity index (χ0n) is 5.97. The maximum atomic E-state index is 10.6. The molecule has 0 bridgehead atoms. The van der Waals surface area contributed by atoms with Gasteiger partial charge in [-0.05, 0) is 0 Å². The van der Waals surface area contributed by atoms with Crippen molar-refractivity contribution in [1.82, 2.24) is 4.90 Å². The van der Waals surface area contributed by atoms with E-state index in [0.29, 0.717) is 0 Å². The Labute approximate surface area is 73.5 Å². The first-order chi connectivity index (χ1) is 5.52. The molecule has 1 rings (SSSR count). The summed E-state index contributed by atoms with van der Waals surface area (Å²) in [6.07, 6.45) is 0. The minimum absolute atomic E-state index is 0.111. The molecule has 6 nitrogen and oxygen atoms in total. The third-order valence-corrected chi connectivity index (χ3v) is 1.61. The molecule has 3 N–H and O–H groups in total. The van der Waals surface area contributed by atoms with Crippen molar-refractivity contribution in [3.05, 3.63) is 0 Å². The first kappa shape index (κ1) is 8.85. The maximum absolute atomic E-state index is 10.6. The van der Waals surface area contributed by atoms with E-state index in [-0.39, 0.29) is 12.4 Å². The van der Waals surface area contributed by atoms with E-state index in [1.165, 1.54) is 0 Å². The van der Waals surface area contributed by atoms with E-state index in [1.54, 1.807) is 0 Å². The molecule has 0 radical (unpaired) electrons. The number of nitrogens with two attached hydrogens (primary N) is 1. The Morgan fingerprint density at radius 1 is 1.75 bits per heavy atom. The van der Waals surface area contributed by atoms with Crippen LogP contribution < -0.4 is 5.73 Å². The number of amides is 2. The Morgan fingerprint density at radius 3 is 2.67 bits per heavy atom. The average molecular weight is 189 g/mol. The van der Waals surface area contributed by atoms with Crippen molar-refractivity contribution in [1.29, 1.82) is 0 Å². The molecule has 0 saturated carbocycles. The van der Waals surface area contributed by atoms with Gasteiger partial charge in [-0.2, -0.15) is 12.6 Å². The van der Waals surface area contributed by atoms with Gasteiger partial charge in [0, 0.05) is 0 Å². The van der Waals surface area contributed by atoms with Crippen LogP contribution in [-0.2, 0) is 4.79 Å². The molecule has 1 aliphatic heterocycles. The molecule has 1 heterocycles. The predicted molar refractivity (Wildman–Crippen MR) is 44.1 cm³/mol. The lowest BCUT2D eigenvalue weighted by atomic mass is 10.5. The molecule has 0 spiro atoms. The first-order valence-corrected chi connectivity index (χ1v) is 3.60. The maximum Gasteiger partial charge on any atom is 0.371 e. The fourth-order valence-electron chi connectivity index (χ4n) is 0.866. The number of carbonyl (C=O) groups excluding carboxylic acids is 1. The molecule has 0 aromatic rings. The molecule has 12 heavy (non-hydrogen) atoms. The lowest BCUT2D eigenvalue weighted by molar-refractivity contribution is -0.129. The zero-order valence-corrected chi connectivity index (χ0v) is 6.86. The smallest absolute Gasteiger partial charge is 0.371 e. The Hall–Kier alpha value is -1.24.